The molecule has 0 bridgehead atoms. The average molecular weight is 336 g/mol. The summed E-state index contributed by atoms with van der Waals surface area (Å²) in [6.45, 7) is 0. The molecule has 0 aromatic heterocycles. The molecule has 1 aliphatic carbocycles. The molecule has 0 fully saturated rings. The molecule has 0 amide bonds. The van der Waals surface area contributed by atoms with E-state index in [1.807, 2.05) is 0 Å². The summed E-state index contributed by atoms with van der Waals surface area (Å²) < 4.78 is 18.5. The summed E-state index contributed by atoms with van der Waals surface area (Å²) in [4.78, 5) is 47.8. The Balaban J connectivity index is 3.70. The summed E-state index contributed by atoms with van der Waals surface area (Å²) >= 11 is 0. The third kappa shape index (κ3) is 3.97. The van der Waals surface area contributed by atoms with Crippen molar-refractivity contribution in [2.75, 3.05) is 28.4 Å². The second-order valence-corrected chi connectivity index (χ2v) is 4.29. The molecule has 0 radical (unpaired) electrons. The number of hydrogen-bond donors (Lipinski definition) is 0. The first-order chi connectivity index (χ1) is 11.4. The summed E-state index contributed by atoms with van der Waals surface area (Å²) in [5.74, 6) is -3.43. The van der Waals surface area contributed by atoms with Crippen LogP contribution in [0.3, 0.4) is 0 Å². The molecule has 1 aliphatic rings. The molecule has 1 rings (SSSR count). The van der Waals surface area contributed by atoms with Crippen LogP contribution >= 0.6 is 0 Å². The number of esters is 4. The summed E-state index contributed by atoms with van der Waals surface area (Å²) in [5.41, 5.74) is -0.831. The van der Waals surface area contributed by atoms with Crippen LogP contribution in [0.5, 0.6) is 0 Å². The van der Waals surface area contributed by atoms with Gasteiger partial charge in [0.25, 0.3) is 0 Å². The minimum absolute atomic E-state index is 0.147. The van der Waals surface area contributed by atoms with Crippen LogP contribution in [0.4, 0.5) is 0 Å². The number of ether oxygens (including phenoxy) is 4. The molecule has 0 aromatic rings. The first-order valence-electron chi connectivity index (χ1n) is 6.59. The monoisotopic (exact) mass is 336 g/mol. The van der Waals surface area contributed by atoms with Gasteiger partial charge in [-0.25, -0.2) is 19.2 Å². The maximum Gasteiger partial charge on any atom is 0.338 e. The van der Waals surface area contributed by atoms with Gasteiger partial charge in [0, 0.05) is 0 Å². The van der Waals surface area contributed by atoms with Gasteiger partial charge in [-0.3, -0.25) is 0 Å². The van der Waals surface area contributed by atoms with E-state index in [1.54, 1.807) is 0 Å². The fourth-order valence-electron chi connectivity index (χ4n) is 1.85. The highest BCUT2D eigenvalue weighted by Gasteiger charge is 2.27. The van der Waals surface area contributed by atoms with Crippen molar-refractivity contribution in [2.45, 2.75) is 0 Å². The highest BCUT2D eigenvalue weighted by Crippen LogP contribution is 2.23. The van der Waals surface area contributed by atoms with Gasteiger partial charge in [-0.05, 0) is 18.2 Å². The summed E-state index contributed by atoms with van der Waals surface area (Å²) in [6, 6.07) is 0. The van der Waals surface area contributed by atoms with E-state index in [-0.39, 0.29) is 22.3 Å². The Kier molecular flexibility index (Phi) is 6.66. The SMILES string of the molecule is COC(=O)C1=C(C(=O)OC)/C=C(C(=O)OC)\C(C(=O)OC)=C/C=C\1. The Morgan fingerprint density at radius 1 is 0.667 bits per heavy atom. The van der Waals surface area contributed by atoms with Crippen molar-refractivity contribution in [3.63, 3.8) is 0 Å². The number of carbonyl (C=O) groups is 4. The van der Waals surface area contributed by atoms with Gasteiger partial charge in [-0.2, -0.15) is 0 Å². The topological polar surface area (TPSA) is 105 Å². The lowest BCUT2D eigenvalue weighted by atomic mass is 9.96. The number of carbonyl (C=O) groups excluding carboxylic acids is 4. The first-order valence-corrected chi connectivity index (χ1v) is 6.59. The fourth-order valence-corrected chi connectivity index (χ4v) is 1.85. The molecule has 0 atom stereocenters. The Labute approximate surface area is 138 Å². The van der Waals surface area contributed by atoms with Crippen LogP contribution in [0, 0.1) is 0 Å². The van der Waals surface area contributed by atoms with E-state index in [0.717, 1.165) is 34.5 Å². The lowest BCUT2D eigenvalue weighted by Crippen LogP contribution is -2.19. The average Bonchev–Trinajstić information content (AvgIpc) is 2.59. The normalized spacial score (nSPS) is 22.5. The number of methoxy groups -OCH3 is 4. The molecule has 8 nitrogen and oxygen atoms in total. The van der Waals surface area contributed by atoms with Crippen LogP contribution in [0.1, 0.15) is 0 Å². The zero-order valence-electron chi connectivity index (χ0n) is 13.6. The lowest BCUT2D eigenvalue weighted by Gasteiger charge is -2.13. The number of allylic oxidation sites excluding steroid dienone is 2. The molecule has 0 saturated carbocycles. The van der Waals surface area contributed by atoms with Gasteiger partial charge < -0.3 is 18.9 Å². The van der Waals surface area contributed by atoms with Crippen molar-refractivity contribution in [3.05, 3.63) is 46.6 Å². The van der Waals surface area contributed by atoms with Gasteiger partial charge in [-0.1, -0.05) is 6.08 Å². The van der Waals surface area contributed by atoms with Gasteiger partial charge in [0.2, 0.25) is 0 Å². The van der Waals surface area contributed by atoms with Crippen LogP contribution in [-0.2, 0) is 38.1 Å². The number of rotatable bonds is 4. The minimum Gasteiger partial charge on any atom is -0.465 e. The molecule has 0 aliphatic heterocycles. The van der Waals surface area contributed by atoms with E-state index in [9.17, 15) is 19.2 Å². The van der Waals surface area contributed by atoms with E-state index >= 15 is 0 Å². The quantitative estimate of drug-likeness (QED) is 0.536. The van der Waals surface area contributed by atoms with Crippen molar-refractivity contribution >= 4 is 23.9 Å². The van der Waals surface area contributed by atoms with Gasteiger partial charge in [-0.15, -0.1) is 0 Å². The molecule has 0 unspecified atom stereocenters. The maximum absolute atomic E-state index is 12.0. The second kappa shape index (κ2) is 8.47. The first kappa shape index (κ1) is 18.9. The Bertz CT molecular complexity index is 691. The predicted molar refractivity (Wildman–Crippen MR) is 80.4 cm³/mol. The van der Waals surface area contributed by atoms with Gasteiger partial charge in [0.15, 0.2) is 0 Å². The van der Waals surface area contributed by atoms with E-state index in [0.29, 0.717) is 0 Å². The summed E-state index contributed by atoms with van der Waals surface area (Å²) in [6.07, 6.45) is 4.84. The van der Waals surface area contributed by atoms with Crippen molar-refractivity contribution < 1.29 is 38.1 Å². The Hall–Kier alpha value is -3.16. The second-order valence-electron chi connectivity index (χ2n) is 4.29. The highest BCUT2D eigenvalue weighted by atomic mass is 16.5. The third-order valence-electron chi connectivity index (χ3n) is 3.02. The standard InChI is InChI=1S/C16H16O8/c1-21-13(17)9-6-5-7-10(14(18)22-2)12(16(20)24-4)8-11(9)15(19)23-3/h5-8H,1-4H3/b6-5-,7-5?,9-6?,10-7+,11-8?,11-9-,12-8+,12-10?. The maximum atomic E-state index is 12.0. The summed E-state index contributed by atoms with van der Waals surface area (Å²) in [7, 11) is 4.49. The highest BCUT2D eigenvalue weighted by molar-refractivity contribution is 6.11. The predicted octanol–water partition coefficient (Wildman–Crippen LogP) is 0.398. The van der Waals surface area contributed by atoms with Crippen molar-refractivity contribution in [3.8, 4) is 0 Å². The molecular weight excluding hydrogens is 320 g/mol. The largest absolute Gasteiger partial charge is 0.465 e. The van der Waals surface area contributed by atoms with Crippen molar-refractivity contribution in [2.24, 2.45) is 0 Å². The molecule has 128 valence electrons. The van der Waals surface area contributed by atoms with Crippen molar-refractivity contribution in [1.82, 2.24) is 0 Å². The smallest absolute Gasteiger partial charge is 0.338 e. The van der Waals surface area contributed by atoms with E-state index in [1.165, 1.54) is 18.2 Å². The Morgan fingerprint density at radius 3 is 1.62 bits per heavy atom. The molecule has 0 saturated heterocycles. The fraction of sp³-hybridized carbons (Fsp3) is 0.250. The zero-order valence-corrected chi connectivity index (χ0v) is 13.6. The zero-order chi connectivity index (χ0) is 18.3. The van der Waals surface area contributed by atoms with E-state index in [4.69, 9.17) is 0 Å². The third-order valence-corrected chi connectivity index (χ3v) is 3.02. The molecule has 0 heterocycles. The summed E-state index contributed by atoms with van der Waals surface area (Å²) in [5, 5.41) is 0. The number of hydrogen-bond acceptors (Lipinski definition) is 8. The van der Waals surface area contributed by atoms with Crippen LogP contribution in [-0.4, -0.2) is 52.3 Å². The van der Waals surface area contributed by atoms with Crippen LogP contribution in [0.15, 0.2) is 46.6 Å². The van der Waals surface area contributed by atoms with Crippen LogP contribution in [0.2, 0.25) is 0 Å². The molecule has 24 heavy (non-hydrogen) atoms. The van der Waals surface area contributed by atoms with E-state index in [2.05, 4.69) is 18.9 Å². The van der Waals surface area contributed by atoms with Crippen LogP contribution in [0.25, 0.3) is 0 Å². The van der Waals surface area contributed by atoms with E-state index < -0.39 is 23.9 Å². The molecule has 8 heteroatoms. The molecule has 0 aromatic carbocycles. The van der Waals surface area contributed by atoms with Crippen molar-refractivity contribution in [1.29, 1.82) is 0 Å². The Morgan fingerprint density at radius 2 is 1.12 bits per heavy atom. The molecular formula is C16H16O8. The minimum atomic E-state index is -0.896. The van der Waals surface area contributed by atoms with Gasteiger partial charge in [0.1, 0.15) is 0 Å². The lowest BCUT2D eigenvalue weighted by molar-refractivity contribution is -0.139. The van der Waals surface area contributed by atoms with Crippen LogP contribution < -0.4 is 0 Å². The molecule has 0 spiro atoms. The van der Waals surface area contributed by atoms with Gasteiger partial charge >= 0.3 is 23.9 Å². The van der Waals surface area contributed by atoms with Gasteiger partial charge in [0.05, 0.1) is 50.7 Å². The molecule has 0 N–H and O–H groups in total.